The second kappa shape index (κ2) is 6.45. The van der Waals surface area contributed by atoms with Crippen molar-refractivity contribution in [3.8, 4) is 0 Å². The van der Waals surface area contributed by atoms with Gasteiger partial charge in [-0.25, -0.2) is 0 Å². The van der Waals surface area contributed by atoms with E-state index in [1.54, 1.807) is 0 Å². The second-order valence-corrected chi connectivity index (χ2v) is 3.01. The van der Waals surface area contributed by atoms with Crippen molar-refractivity contribution in [3.63, 3.8) is 0 Å². The molecule has 1 aromatic carbocycles. The summed E-state index contributed by atoms with van der Waals surface area (Å²) in [7, 11) is 0. The molecular formula is C10H12N4O. The van der Waals surface area contributed by atoms with E-state index >= 15 is 0 Å². The van der Waals surface area contributed by atoms with Gasteiger partial charge in [0, 0.05) is 16.6 Å². The molecular weight excluding hydrogens is 192 g/mol. The minimum atomic E-state index is -0.620. The molecule has 0 aliphatic heterocycles. The normalized spacial score (nSPS) is 9.07. The Balaban J connectivity index is 2.17. The predicted octanol–water partition coefficient (Wildman–Crippen LogP) is 2.64. The molecule has 0 saturated heterocycles. The molecule has 15 heavy (non-hydrogen) atoms. The molecule has 1 rings (SSSR count). The Kier molecular flexibility index (Phi) is 4.77. The van der Waals surface area contributed by atoms with E-state index in [0.29, 0.717) is 6.54 Å². The van der Waals surface area contributed by atoms with Crippen molar-refractivity contribution in [3.05, 3.63) is 46.3 Å². The number of benzene rings is 1. The number of nitrogens with zero attached hydrogens (tertiary/aromatic N) is 3. The molecule has 1 N–H and O–H groups in total. The summed E-state index contributed by atoms with van der Waals surface area (Å²) in [6.07, 6.45) is 1.73. The number of azide groups is 1. The van der Waals surface area contributed by atoms with Crippen molar-refractivity contribution in [2.45, 2.75) is 12.8 Å². The lowest BCUT2D eigenvalue weighted by molar-refractivity contribution is 0.249. The Morgan fingerprint density at radius 2 is 2.13 bits per heavy atom. The molecule has 0 bridgehead atoms. The van der Waals surface area contributed by atoms with E-state index in [1.807, 2.05) is 30.3 Å². The van der Waals surface area contributed by atoms with Crippen LogP contribution in [0.2, 0.25) is 0 Å². The van der Waals surface area contributed by atoms with E-state index in [4.69, 9.17) is 5.53 Å². The highest BCUT2D eigenvalue weighted by Crippen LogP contribution is 2.01. The Bertz CT molecular complexity index is 357. The molecule has 5 heteroatoms. The molecule has 1 aromatic rings. The third-order valence-electron chi connectivity index (χ3n) is 1.90. The summed E-state index contributed by atoms with van der Waals surface area (Å²) < 4.78 is 0. The Hall–Kier alpha value is -2.00. The number of carbonyl (C=O) groups is 1. The van der Waals surface area contributed by atoms with Gasteiger partial charge >= 0.3 is 6.03 Å². The average Bonchev–Trinajstić information content (AvgIpc) is 2.26. The third kappa shape index (κ3) is 4.69. The van der Waals surface area contributed by atoms with Gasteiger partial charge in [0.1, 0.15) is 0 Å². The van der Waals surface area contributed by atoms with E-state index in [9.17, 15) is 4.79 Å². The van der Waals surface area contributed by atoms with Crippen molar-refractivity contribution in [1.82, 2.24) is 5.32 Å². The second-order valence-electron chi connectivity index (χ2n) is 3.01. The summed E-state index contributed by atoms with van der Waals surface area (Å²) in [5.74, 6) is 0. The summed E-state index contributed by atoms with van der Waals surface area (Å²) >= 11 is 0. The first kappa shape index (κ1) is 11.1. The minimum absolute atomic E-state index is 0.521. The van der Waals surface area contributed by atoms with Crippen LogP contribution < -0.4 is 5.32 Å². The Labute approximate surface area is 87.7 Å². The zero-order valence-corrected chi connectivity index (χ0v) is 8.26. The van der Waals surface area contributed by atoms with Crippen LogP contribution in [0.3, 0.4) is 0 Å². The van der Waals surface area contributed by atoms with Crippen molar-refractivity contribution in [2.24, 2.45) is 5.11 Å². The van der Waals surface area contributed by atoms with Gasteiger partial charge < -0.3 is 5.32 Å². The standard InChI is InChI=1S/C10H12N4O/c11-14-13-10(15)12-8-4-7-9-5-2-1-3-6-9/h1-3,5-6H,4,7-8H2,(H,12,15). The Morgan fingerprint density at radius 1 is 1.40 bits per heavy atom. The summed E-state index contributed by atoms with van der Waals surface area (Å²) in [5, 5.41) is 5.39. The summed E-state index contributed by atoms with van der Waals surface area (Å²) in [6.45, 7) is 0.521. The van der Waals surface area contributed by atoms with Crippen molar-refractivity contribution in [2.75, 3.05) is 6.54 Å². The third-order valence-corrected chi connectivity index (χ3v) is 1.90. The molecule has 0 radical (unpaired) electrons. The van der Waals surface area contributed by atoms with E-state index < -0.39 is 6.03 Å². The highest BCUT2D eigenvalue weighted by Gasteiger charge is 1.95. The van der Waals surface area contributed by atoms with Gasteiger partial charge in [-0.1, -0.05) is 30.3 Å². The minimum Gasteiger partial charge on any atom is -0.351 e. The fraction of sp³-hybridized carbons (Fsp3) is 0.300. The topological polar surface area (TPSA) is 77.9 Å². The number of nitrogens with one attached hydrogen (secondary N) is 1. The molecule has 2 amide bonds. The quantitative estimate of drug-likeness (QED) is 0.348. The SMILES string of the molecule is [N-]=[N+]=NC(=O)NCCCc1ccccc1. The number of aryl methyl sites for hydroxylation is 1. The first-order chi connectivity index (χ1) is 7.33. The van der Waals surface area contributed by atoms with Crippen LogP contribution in [-0.2, 0) is 6.42 Å². The maximum Gasteiger partial charge on any atom is 0.308 e. The smallest absolute Gasteiger partial charge is 0.308 e. The van der Waals surface area contributed by atoms with Gasteiger partial charge in [0.2, 0.25) is 0 Å². The summed E-state index contributed by atoms with van der Waals surface area (Å²) in [5.41, 5.74) is 9.20. The molecule has 0 aliphatic carbocycles. The molecule has 78 valence electrons. The maximum atomic E-state index is 10.7. The lowest BCUT2D eigenvalue weighted by atomic mass is 10.1. The van der Waals surface area contributed by atoms with E-state index in [0.717, 1.165) is 12.8 Å². The van der Waals surface area contributed by atoms with Crippen LogP contribution in [-0.4, -0.2) is 12.6 Å². The number of hydrogen-bond acceptors (Lipinski definition) is 1. The van der Waals surface area contributed by atoms with Gasteiger partial charge in [-0.15, -0.1) is 0 Å². The van der Waals surface area contributed by atoms with Crippen molar-refractivity contribution < 1.29 is 4.79 Å². The first-order valence-electron chi connectivity index (χ1n) is 4.70. The number of urea groups is 1. The van der Waals surface area contributed by atoms with E-state index in [2.05, 4.69) is 15.3 Å². The summed E-state index contributed by atoms with van der Waals surface area (Å²) in [6, 6.07) is 9.38. The molecule has 0 spiro atoms. The number of rotatable bonds is 4. The van der Waals surface area contributed by atoms with Crippen LogP contribution in [0, 0.1) is 0 Å². The van der Waals surface area contributed by atoms with Crippen molar-refractivity contribution in [1.29, 1.82) is 0 Å². The van der Waals surface area contributed by atoms with Crippen LogP contribution in [0.4, 0.5) is 4.79 Å². The highest BCUT2D eigenvalue weighted by atomic mass is 16.2. The fourth-order valence-electron chi connectivity index (χ4n) is 1.21. The lowest BCUT2D eigenvalue weighted by Gasteiger charge is -2.01. The molecule has 0 saturated carbocycles. The molecule has 0 unspecified atom stereocenters. The van der Waals surface area contributed by atoms with Gasteiger partial charge in [-0.05, 0) is 23.9 Å². The van der Waals surface area contributed by atoms with Crippen LogP contribution in [0.25, 0.3) is 10.4 Å². The van der Waals surface area contributed by atoms with Gasteiger partial charge in [0.25, 0.3) is 0 Å². The van der Waals surface area contributed by atoms with Crippen LogP contribution in [0.1, 0.15) is 12.0 Å². The number of hydrogen-bond donors (Lipinski definition) is 1. The fourth-order valence-corrected chi connectivity index (χ4v) is 1.21. The molecule has 0 fully saturated rings. The van der Waals surface area contributed by atoms with Gasteiger partial charge in [0.15, 0.2) is 0 Å². The molecule has 5 nitrogen and oxygen atoms in total. The lowest BCUT2D eigenvalue weighted by Crippen LogP contribution is -2.20. The van der Waals surface area contributed by atoms with Crippen LogP contribution in [0.5, 0.6) is 0 Å². The predicted molar refractivity (Wildman–Crippen MR) is 57.3 cm³/mol. The van der Waals surface area contributed by atoms with E-state index in [-0.39, 0.29) is 0 Å². The van der Waals surface area contributed by atoms with Crippen LogP contribution in [0.15, 0.2) is 35.4 Å². The van der Waals surface area contributed by atoms with Gasteiger partial charge in [-0.2, -0.15) is 0 Å². The highest BCUT2D eigenvalue weighted by molar-refractivity contribution is 5.74. The largest absolute Gasteiger partial charge is 0.351 e. The first-order valence-corrected chi connectivity index (χ1v) is 4.70. The summed E-state index contributed by atoms with van der Waals surface area (Å²) in [4.78, 5) is 13.1. The van der Waals surface area contributed by atoms with Crippen LogP contribution >= 0.6 is 0 Å². The van der Waals surface area contributed by atoms with Gasteiger partial charge in [0.05, 0.1) is 0 Å². The van der Waals surface area contributed by atoms with Gasteiger partial charge in [-0.3, -0.25) is 4.79 Å². The Morgan fingerprint density at radius 3 is 2.80 bits per heavy atom. The molecule has 0 atom stereocenters. The zero-order valence-electron chi connectivity index (χ0n) is 8.26. The molecule has 0 heterocycles. The number of carbonyl (C=O) groups excluding carboxylic acids is 1. The average molecular weight is 204 g/mol. The zero-order chi connectivity index (χ0) is 10.9. The number of amides is 2. The monoisotopic (exact) mass is 204 g/mol. The molecule has 0 aliphatic rings. The van der Waals surface area contributed by atoms with Crippen molar-refractivity contribution >= 4 is 6.03 Å². The maximum absolute atomic E-state index is 10.7. The van der Waals surface area contributed by atoms with E-state index in [1.165, 1.54) is 5.56 Å². The molecule has 0 aromatic heterocycles.